The van der Waals surface area contributed by atoms with Gasteiger partial charge in [0.2, 0.25) is 15.9 Å². The molecular formula is C14H22ClN3O3S. The normalized spacial score (nSPS) is 15.7. The number of hydrogen-bond donors (Lipinski definition) is 3. The Kier molecular flexibility index (Phi) is 7.12. The Balaban J connectivity index is 0.00000242. The summed E-state index contributed by atoms with van der Waals surface area (Å²) >= 11 is 0. The number of anilines is 2. The molecule has 1 amide bonds. The number of halogens is 1. The Morgan fingerprint density at radius 2 is 1.91 bits per heavy atom. The van der Waals surface area contributed by atoms with Gasteiger partial charge in [0.15, 0.2) is 0 Å². The summed E-state index contributed by atoms with van der Waals surface area (Å²) in [6, 6.07) is 6.70. The number of nitrogens with one attached hydrogen (secondary N) is 3. The van der Waals surface area contributed by atoms with Crippen molar-refractivity contribution in [3.8, 4) is 0 Å². The highest BCUT2D eigenvalue weighted by Crippen LogP contribution is 2.19. The topological polar surface area (TPSA) is 87.3 Å². The second-order valence-electron chi connectivity index (χ2n) is 5.40. The van der Waals surface area contributed by atoms with Crippen molar-refractivity contribution in [2.45, 2.75) is 19.3 Å². The summed E-state index contributed by atoms with van der Waals surface area (Å²) in [5, 5.41) is 6.09. The van der Waals surface area contributed by atoms with E-state index >= 15 is 0 Å². The maximum atomic E-state index is 12.0. The molecule has 1 aliphatic heterocycles. The zero-order valence-electron chi connectivity index (χ0n) is 12.5. The lowest BCUT2D eigenvalue weighted by molar-refractivity contribution is -0.117. The molecule has 0 unspecified atom stereocenters. The molecule has 0 aliphatic carbocycles. The van der Waals surface area contributed by atoms with Crippen molar-refractivity contribution in [3.63, 3.8) is 0 Å². The zero-order chi connectivity index (χ0) is 15.3. The molecule has 22 heavy (non-hydrogen) atoms. The minimum Gasteiger partial charge on any atom is -0.326 e. The third-order valence-electron chi connectivity index (χ3n) is 3.38. The van der Waals surface area contributed by atoms with Gasteiger partial charge in [-0.2, -0.15) is 0 Å². The van der Waals surface area contributed by atoms with E-state index in [2.05, 4.69) is 15.4 Å². The van der Waals surface area contributed by atoms with Crippen LogP contribution in [0.15, 0.2) is 24.3 Å². The van der Waals surface area contributed by atoms with Gasteiger partial charge in [0, 0.05) is 12.1 Å². The lowest BCUT2D eigenvalue weighted by Gasteiger charge is -2.21. The summed E-state index contributed by atoms with van der Waals surface area (Å²) in [4.78, 5) is 12.0. The lowest BCUT2D eigenvalue weighted by Crippen LogP contribution is -2.30. The molecule has 2 rings (SSSR count). The SMILES string of the molecule is CS(=O)(=O)Nc1cccc(NC(=O)CC2CCNCC2)c1.Cl. The van der Waals surface area contributed by atoms with Crippen molar-refractivity contribution in [1.82, 2.24) is 5.32 Å². The lowest BCUT2D eigenvalue weighted by atomic mass is 9.94. The first-order chi connectivity index (χ1) is 9.92. The van der Waals surface area contributed by atoms with Gasteiger partial charge in [0.05, 0.1) is 11.9 Å². The zero-order valence-corrected chi connectivity index (χ0v) is 14.1. The fraction of sp³-hybridized carbons (Fsp3) is 0.500. The Labute approximate surface area is 137 Å². The Hall–Kier alpha value is -1.31. The van der Waals surface area contributed by atoms with Crippen LogP contribution in [0.4, 0.5) is 11.4 Å². The van der Waals surface area contributed by atoms with Crippen molar-refractivity contribution in [3.05, 3.63) is 24.3 Å². The Morgan fingerprint density at radius 3 is 2.55 bits per heavy atom. The van der Waals surface area contributed by atoms with E-state index in [1.165, 1.54) is 0 Å². The highest BCUT2D eigenvalue weighted by Gasteiger charge is 2.16. The third-order valence-corrected chi connectivity index (χ3v) is 3.99. The first-order valence-electron chi connectivity index (χ1n) is 7.01. The van der Waals surface area contributed by atoms with Crippen LogP contribution in [-0.2, 0) is 14.8 Å². The van der Waals surface area contributed by atoms with Crippen molar-refractivity contribution in [2.75, 3.05) is 29.4 Å². The van der Waals surface area contributed by atoms with Crippen molar-refractivity contribution < 1.29 is 13.2 Å². The molecule has 0 bridgehead atoms. The van der Waals surface area contributed by atoms with Crippen molar-refractivity contribution in [2.24, 2.45) is 5.92 Å². The average Bonchev–Trinajstić information content (AvgIpc) is 2.38. The van der Waals surface area contributed by atoms with E-state index in [0.29, 0.717) is 23.7 Å². The number of amides is 1. The average molecular weight is 348 g/mol. The van der Waals surface area contributed by atoms with E-state index in [1.54, 1.807) is 24.3 Å². The number of carbonyl (C=O) groups excluding carboxylic acids is 1. The van der Waals surface area contributed by atoms with Gasteiger partial charge in [0.1, 0.15) is 0 Å². The summed E-state index contributed by atoms with van der Waals surface area (Å²) < 4.78 is 24.8. The van der Waals surface area contributed by atoms with E-state index < -0.39 is 10.0 Å². The molecule has 1 aromatic carbocycles. The molecule has 0 saturated carbocycles. The maximum absolute atomic E-state index is 12.0. The van der Waals surface area contributed by atoms with Crippen LogP contribution in [0.2, 0.25) is 0 Å². The molecule has 1 aliphatic rings. The first kappa shape index (κ1) is 18.7. The molecule has 0 atom stereocenters. The molecule has 1 heterocycles. The predicted octanol–water partition coefficient (Wildman–Crippen LogP) is 1.81. The molecule has 0 aromatic heterocycles. The standard InChI is InChI=1S/C14H21N3O3S.ClH/c1-21(19,20)17-13-4-2-3-12(10-13)16-14(18)9-11-5-7-15-8-6-11;/h2-4,10-11,15,17H,5-9H2,1H3,(H,16,18);1H. The van der Waals surface area contributed by atoms with Crippen molar-refractivity contribution >= 4 is 39.7 Å². The number of sulfonamides is 1. The van der Waals surface area contributed by atoms with E-state index in [-0.39, 0.29) is 18.3 Å². The molecule has 1 aromatic rings. The second kappa shape index (κ2) is 8.36. The summed E-state index contributed by atoms with van der Waals surface area (Å²) in [5.74, 6) is 0.391. The van der Waals surface area contributed by atoms with Crippen LogP contribution >= 0.6 is 12.4 Å². The number of carbonyl (C=O) groups is 1. The first-order valence-corrected chi connectivity index (χ1v) is 8.90. The van der Waals surface area contributed by atoms with Gasteiger partial charge >= 0.3 is 0 Å². The van der Waals surface area contributed by atoms with Gasteiger partial charge in [-0.25, -0.2) is 8.42 Å². The molecule has 1 saturated heterocycles. The van der Waals surface area contributed by atoms with Crippen LogP contribution in [0.5, 0.6) is 0 Å². The van der Waals surface area contributed by atoms with E-state index in [4.69, 9.17) is 0 Å². The smallest absolute Gasteiger partial charge is 0.229 e. The minimum atomic E-state index is -3.31. The number of hydrogen-bond acceptors (Lipinski definition) is 4. The summed E-state index contributed by atoms with van der Waals surface area (Å²) in [6.07, 6.45) is 3.63. The highest BCUT2D eigenvalue weighted by molar-refractivity contribution is 7.92. The Bertz CT molecular complexity index is 601. The Morgan fingerprint density at radius 1 is 1.27 bits per heavy atom. The van der Waals surface area contributed by atoms with Crippen LogP contribution in [0.3, 0.4) is 0 Å². The van der Waals surface area contributed by atoms with Gasteiger partial charge in [0.25, 0.3) is 0 Å². The molecule has 124 valence electrons. The minimum absolute atomic E-state index is 0. The number of benzene rings is 1. The van der Waals surface area contributed by atoms with Gasteiger partial charge in [-0.05, 0) is 50.0 Å². The largest absolute Gasteiger partial charge is 0.326 e. The molecular weight excluding hydrogens is 326 g/mol. The second-order valence-corrected chi connectivity index (χ2v) is 7.15. The van der Waals surface area contributed by atoms with Crippen LogP contribution in [0, 0.1) is 5.92 Å². The van der Waals surface area contributed by atoms with Gasteiger partial charge in [-0.15, -0.1) is 12.4 Å². The summed E-state index contributed by atoms with van der Waals surface area (Å²) in [5.41, 5.74) is 1.04. The molecule has 8 heteroatoms. The maximum Gasteiger partial charge on any atom is 0.229 e. The quantitative estimate of drug-likeness (QED) is 0.758. The molecule has 0 spiro atoms. The van der Waals surface area contributed by atoms with E-state index in [0.717, 1.165) is 32.2 Å². The highest BCUT2D eigenvalue weighted by atomic mass is 35.5. The van der Waals surface area contributed by atoms with E-state index in [9.17, 15) is 13.2 Å². The van der Waals surface area contributed by atoms with Gasteiger partial charge in [-0.3, -0.25) is 9.52 Å². The predicted molar refractivity (Wildman–Crippen MR) is 91.0 cm³/mol. The van der Waals surface area contributed by atoms with E-state index in [1.807, 2.05) is 0 Å². The summed E-state index contributed by atoms with van der Waals surface area (Å²) in [7, 11) is -3.31. The molecule has 3 N–H and O–H groups in total. The third kappa shape index (κ3) is 6.64. The molecule has 6 nitrogen and oxygen atoms in total. The number of rotatable bonds is 5. The summed E-state index contributed by atoms with van der Waals surface area (Å²) in [6.45, 7) is 1.93. The van der Waals surface area contributed by atoms with Crippen LogP contribution < -0.4 is 15.4 Å². The fourth-order valence-corrected chi connectivity index (χ4v) is 2.99. The van der Waals surface area contributed by atoms with Crippen LogP contribution in [0.1, 0.15) is 19.3 Å². The monoisotopic (exact) mass is 347 g/mol. The fourth-order valence-electron chi connectivity index (χ4n) is 2.43. The van der Waals surface area contributed by atoms with Crippen LogP contribution in [-0.4, -0.2) is 33.7 Å². The number of piperidine rings is 1. The van der Waals surface area contributed by atoms with Crippen molar-refractivity contribution in [1.29, 1.82) is 0 Å². The van der Waals surface area contributed by atoms with Gasteiger partial charge < -0.3 is 10.6 Å². The van der Waals surface area contributed by atoms with Gasteiger partial charge in [-0.1, -0.05) is 6.07 Å². The molecule has 1 fully saturated rings. The molecule has 0 radical (unpaired) electrons. The van der Waals surface area contributed by atoms with Crippen LogP contribution in [0.25, 0.3) is 0 Å².